The SMILES string of the molecule is C(=Cc1ccccc1)OC1(C(C=Cc2ccccc2)(C=Cc2ccccc2)c2ccccc2)CCO1. The molecule has 36 heavy (non-hydrogen) atoms. The molecule has 1 fully saturated rings. The van der Waals surface area contributed by atoms with Gasteiger partial charge in [0, 0.05) is 6.42 Å². The fraction of sp³-hybridized carbons (Fsp3) is 0.118. The molecule has 2 heteroatoms. The molecule has 0 saturated carbocycles. The molecule has 0 amide bonds. The molecule has 1 unspecified atom stereocenters. The van der Waals surface area contributed by atoms with E-state index >= 15 is 0 Å². The highest BCUT2D eigenvalue weighted by Crippen LogP contribution is 2.49. The van der Waals surface area contributed by atoms with E-state index in [1.165, 1.54) is 0 Å². The van der Waals surface area contributed by atoms with Crippen LogP contribution in [0.1, 0.15) is 28.7 Å². The van der Waals surface area contributed by atoms with Crippen LogP contribution in [0.2, 0.25) is 0 Å². The molecule has 0 spiro atoms. The first kappa shape index (κ1) is 23.6. The van der Waals surface area contributed by atoms with Crippen LogP contribution < -0.4 is 0 Å². The standard InChI is InChI=1S/C34H30O2/c1-5-13-29(14-6-1)21-24-33(32-19-11-4-12-20-32,25-22-30-15-7-2-8-16-30)34(26-28-36-34)35-27-23-31-17-9-3-10-18-31/h1-25,27H,26,28H2. The highest BCUT2D eigenvalue weighted by Gasteiger charge is 2.57. The van der Waals surface area contributed by atoms with Crippen molar-refractivity contribution < 1.29 is 9.47 Å². The molecule has 178 valence electrons. The molecule has 0 aliphatic carbocycles. The molecule has 4 aromatic rings. The first-order valence-corrected chi connectivity index (χ1v) is 12.4. The van der Waals surface area contributed by atoms with Crippen molar-refractivity contribution in [3.05, 3.63) is 162 Å². The summed E-state index contributed by atoms with van der Waals surface area (Å²) in [5.41, 5.74) is 3.77. The van der Waals surface area contributed by atoms with Crippen molar-refractivity contribution >= 4 is 18.2 Å². The molecule has 1 aliphatic rings. The van der Waals surface area contributed by atoms with Crippen LogP contribution in [-0.2, 0) is 14.9 Å². The summed E-state index contributed by atoms with van der Waals surface area (Å²) >= 11 is 0. The number of hydrogen-bond donors (Lipinski definition) is 0. The molecule has 0 radical (unpaired) electrons. The molecule has 2 nitrogen and oxygen atoms in total. The molecule has 1 saturated heterocycles. The van der Waals surface area contributed by atoms with Crippen LogP contribution >= 0.6 is 0 Å². The largest absolute Gasteiger partial charge is 0.468 e. The molecule has 0 N–H and O–H groups in total. The van der Waals surface area contributed by atoms with Crippen molar-refractivity contribution in [1.82, 2.24) is 0 Å². The van der Waals surface area contributed by atoms with Gasteiger partial charge in [-0.25, -0.2) is 0 Å². The van der Waals surface area contributed by atoms with Gasteiger partial charge in [-0.05, 0) is 28.3 Å². The van der Waals surface area contributed by atoms with Gasteiger partial charge >= 0.3 is 0 Å². The number of benzene rings is 4. The van der Waals surface area contributed by atoms with Crippen LogP contribution in [0.5, 0.6) is 0 Å². The first-order valence-electron chi connectivity index (χ1n) is 12.4. The maximum atomic E-state index is 6.56. The smallest absolute Gasteiger partial charge is 0.228 e. The van der Waals surface area contributed by atoms with E-state index in [0.717, 1.165) is 28.7 Å². The van der Waals surface area contributed by atoms with E-state index in [1.807, 2.05) is 42.5 Å². The van der Waals surface area contributed by atoms with Crippen LogP contribution in [0, 0.1) is 0 Å². The molecule has 5 rings (SSSR count). The summed E-state index contributed by atoms with van der Waals surface area (Å²) in [5.74, 6) is -0.879. The van der Waals surface area contributed by atoms with E-state index in [1.54, 1.807) is 6.26 Å². The Labute approximate surface area is 213 Å². The predicted octanol–water partition coefficient (Wildman–Crippen LogP) is 8.16. The van der Waals surface area contributed by atoms with Crippen LogP contribution in [0.4, 0.5) is 0 Å². The van der Waals surface area contributed by atoms with Gasteiger partial charge in [0.2, 0.25) is 5.79 Å². The van der Waals surface area contributed by atoms with E-state index in [2.05, 4.69) is 109 Å². The average molecular weight is 471 g/mol. The van der Waals surface area contributed by atoms with E-state index in [9.17, 15) is 0 Å². The molecular weight excluding hydrogens is 440 g/mol. The van der Waals surface area contributed by atoms with Crippen molar-refractivity contribution in [2.75, 3.05) is 6.61 Å². The summed E-state index contributed by atoms with van der Waals surface area (Å²) in [7, 11) is 0. The minimum absolute atomic E-state index is 0.645. The van der Waals surface area contributed by atoms with Crippen molar-refractivity contribution in [3.63, 3.8) is 0 Å². The Hall–Kier alpha value is -4.14. The lowest BCUT2D eigenvalue weighted by molar-refractivity contribution is -0.305. The Kier molecular flexibility index (Phi) is 7.25. The summed E-state index contributed by atoms with van der Waals surface area (Å²) in [6, 6.07) is 41.4. The van der Waals surface area contributed by atoms with Gasteiger partial charge in [-0.2, -0.15) is 0 Å². The van der Waals surface area contributed by atoms with Gasteiger partial charge in [0.05, 0.1) is 18.3 Å². The van der Waals surface area contributed by atoms with E-state index < -0.39 is 11.2 Å². The van der Waals surface area contributed by atoms with Crippen LogP contribution in [0.3, 0.4) is 0 Å². The van der Waals surface area contributed by atoms with E-state index in [0.29, 0.717) is 6.61 Å². The number of hydrogen-bond acceptors (Lipinski definition) is 2. The third-order valence-corrected chi connectivity index (χ3v) is 6.64. The van der Waals surface area contributed by atoms with Gasteiger partial charge in [-0.1, -0.05) is 146 Å². The highest BCUT2D eigenvalue weighted by atomic mass is 16.7. The zero-order valence-corrected chi connectivity index (χ0v) is 20.2. The minimum atomic E-state index is -0.879. The summed E-state index contributed by atoms with van der Waals surface area (Å²) < 4.78 is 12.9. The Morgan fingerprint density at radius 2 is 1.00 bits per heavy atom. The van der Waals surface area contributed by atoms with E-state index in [-0.39, 0.29) is 0 Å². The third-order valence-electron chi connectivity index (χ3n) is 6.64. The van der Waals surface area contributed by atoms with Crippen LogP contribution in [0.25, 0.3) is 18.2 Å². The minimum Gasteiger partial charge on any atom is -0.468 e. The molecule has 4 aromatic carbocycles. The zero-order valence-electron chi connectivity index (χ0n) is 20.2. The summed E-state index contributed by atoms with van der Waals surface area (Å²) in [4.78, 5) is 0. The fourth-order valence-electron chi connectivity index (χ4n) is 4.61. The first-order chi connectivity index (χ1) is 17.8. The summed E-state index contributed by atoms with van der Waals surface area (Å²) in [5, 5.41) is 0. The van der Waals surface area contributed by atoms with Crippen LogP contribution in [0.15, 0.2) is 140 Å². The lowest BCUT2D eigenvalue weighted by Gasteiger charge is -2.52. The summed E-state index contributed by atoms with van der Waals surface area (Å²) in [6.07, 6.45) is 13.3. The van der Waals surface area contributed by atoms with Crippen molar-refractivity contribution in [2.45, 2.75) is 17.6 Å². The van der Waals surface area contributed by atoms with Gasteiger partial charge < -0.3 is 9.47 Å². The fourth-order valence-corrected chi connectivity index (χ4v) is 4.61. The topological polar surface area (TPSA) is 18.5 Å². The highest BCUT2D eigenvalue weighted by molar-refractivity contribution is 5.60. The lowest BCUT2D eigenvalue weighted by Crippen LogP contribution is -2.59. The monoisotopic (exact) mass is 470 g/mol. The maximum Gasteiger partial charge on any atom is 0.228 e. The number of rotatable bonds is 9. The summed E-state index contributed by atoms with van der Waals surface area (Å²) in [6.45, 7) is 0.645. The average Bonchev–Trinajstić information content (AvgIpc) is 2.93. The third kappa shape index (κ3) is 5.10. The molecular formula is C34H30O2. The Balaban J connectivity index is 1.62. The van der Waals surface area contributed by atoms with Crippen LogP contribution in [-0.4, -0.2) is 12.4 Å². The van der Waals surface area contributed by atoms with Gasteiger partial charge in [-0.15, -0.1) is 0 Å². The quantitative estimate of drug-likeness (QED) is 0.230. The lowest BCUT2D eigenvalue weighted by atomic mass is 9.69. The molecule has 1 atom stereocenters. The van der Waals surface area contributed by atoms with E-state index in [4.69, 9.17) is 9.47 Å². The Bertz CT molecular complexity index is 1250. The van der Waals surface area contributed by atoms with Gasteiger partial charge in [0.1, 0.15) is 0 Å². The second-order valence-electron chi connectivity index (χ2n) is 8.91. The Morgan fingerprint density at radius 3 is 1.42 bits per heavy atom. The molecule has 1 heterocycles. The second kappa shape index (κ2) is 11.1. The Morgan fingerprint density at radius 1 is 0.583 bits per heavy atom. The normalized spacial score (nSPS) is 19.3. The zero-order chi connectivity index (χ0) is 24.5. The van der Waals surface area contributed by atoms with Gasteiger partial charge in [0.25, 0.3) is 0 Å². The van der Waals surface area contributed by atoms with Crippen molar-refractivity contribution in [2.24, 2.45) is 0 Å². The predicted molar refractivity (Wildman–Crippen MR) is 149 cm³/mol. The maximum absolute atomic E-state index is 6.56. The number of ether oxygens (including phenoxy) is 2. The second-order valence-corrected chi connectivity index (χ2v) is 8.91. The molecule has 0 aromatic heterocycles. The van der Waals surface area contributed by atoms with Crippen molar-refractivity contribution in [3.8, 4) is 0 Å². The van der Waals surface area contributed by atoms with Gasteiger partial charge in [-0.3, -0.25) is 0 Å². The van der Waals surface area contributed by atoms with Crippen molar-refractivity contribution in [1.29, 1.82) is 0 Å². The van der Waals surface area contributed by atoms with Gasteiger partial charge in [0.15, 0.2) is 0 Å². The molecule has 1 aliphatic heterocycles. The molecule has 0 bridgehead atoms.